The third kappa shape index (κ3) is 5.81. The van der Waals surface area contributed by atoms with E-state index in [4.69, 9.17) is 0 Å². The summed E-state index contributed by atoms with van der Waals surface area (Å²) in [7, 11) is -3.62. The summed E-state index contributed by atoms with van der Waals surface area (Å²) < 4.78 is 55.5. The van der Waals surface area contributed by atoms with Crippen molar-refractivity contribution in [2.75, 3.05) is 43.6 Å². The summed E-state index contributed by atoms with van der Waals surface area (Å²) >= 11 is 0. The molecule has 0 heterocycles. The highest BCUT2D eigenvalue weighted by Gasteiger charge is 2.23. The number of amides is 1. The summed E-state index contributed by atoms with van der Waals surface area (Å²) in [6.45, 7) is -0.589. The van der Waals surface area contributed by atoms with Gasteiger partial charge in [-0.3, -0.25) is 9.10 Å². The summed E-state index contributed by atoms with van der Waals surface area (Å²) in [5.74, 6) is -1.36. The molecule has 0 radical (unpaired) electrons. The Morgan fingerprint density at radius 1 is 0.968 bits per heavy atom. The molecule has 12 heteroatoms. The van der Waals surface area contributed by atoms with Crippen LogP contribution in [0.25, 0.3) is 0 Å². The van der Waals surface area contributed by atoms with Gasteiger partial charge in [-0.15, -0.1) is 0 Å². The van der Waals surface area contributed by atoms with Gasteiger partial charge in [0.25, 0.3) is 0 Å². The molecule has 0 aliphatic rings. The lowest BCUT2D eigenvalue weighted by Crippen LogP contribution is -2.37. The Morgan fingerprint density at radius 2 is 1.55 bits per heavy atom. The van der Waals surface area contributed by atoms with E-state index in [1.54, 1.807) is 12.1 Å². The van der Waals surface area contributed by atoms with Crippen molar-refractivity contribution in [3.63, 3.8) is 0 Å². The Balaban J connectivity index is 2.30. The molecule has 0 aliphatic carbocycles. The van der Waals surface area contributed by atoms with Crippen LogP contribution in [-0.4, -0.2) is 67.0 Å². The van der Waals surface area contributed by atoms with E-state index in [9.17, 15) is 26.4 Å². The van der Waals surface area contributed by atoms with Crippen molar-refractivity contribution in [3.8, 4) is 0 Å². The molecule has 0 unspecified atom stereocenters. The van der Waals surface area contributed by atoms with Crippen molar-refractivity contribution in [2.45, 2.75) is 4.90 Å². The first kappa shape index (κ1) is 24.3. The first-order valence-electron chi connectivity index (χ1n) is 8.85. The second-order valence-corrected chi connectivity index (χ2v) is 10.7. The maximum Gasteiger partial charge on any atom is 0.339 e. The molecule has 1 N–H and O–H groups in total. The molecule has 0 fully saturated rings. The van der Waals surface area contributed by atoms with Gasteiger partial charge in [0.15, 0.2) is 0 Å². The van der Waals surface area contributed by atoms with Crippen LogP contribution < -0.4 is 9.62 Å². The number of nitrogens with one attached hydrogen (secondary N) is 1. The standard InChI is InChI=1S/C19H23N3O7S2/c1-21(2)31(27,28)15-11-9-14(10-12-15)22(30(4,25)26)13-18(23)20-17-8-6-5-7-16(17)19(24)29-3/h5-12H,13H2,1-4H3,(H,20,23). The number of methoxy groups -OCH3 is 1. The molecule has 0 saturated heterocycles. The van der Waals surface area contributed by atoms with Gasteiger partial charge in [-0.1, -0.05) is 12.1 Å². The number of carbonyl (C=O) groups excluding carboxylic acids is 2. The number of hydrogen-bond donors (Lipinski definition) is 1. The first-order chi connectivity index (χ1) is 14.4. The molecule has 0 aliphatic heterocycles. The van der Waals surface area contributed by atoms with Crippen LogP contribution in [0.2, 0.25) is 0 Å². The quantitative estimate of drug-likeness (QED) is 0.574. The van der Waals surface area contributed by atoms with Crippen LogP contribution in [0.3, 0.4) is 0 Å². The van der Waals surface area contributed by atoms with Crippen molar-refractivity contribution in [3.05, 3.63) is 54.1 Å². The zero-order valence-corrected chi connectivity index (χ0v) is 19.0. The molecule has 0 aromatic heterocycles. The fraction of sp³-hybridized carbons (Fsp3) is 0.263. The molecule has 1 amide bonds. The number of ether oxygens (including phenoxy) is 1. The zero-order valence-electron chi connectivity index (χ0n) is 17.4. The second-order valence-electron chi connectivity index (χ2n) is 6.64. The van der Waals surface area contributed by atoms with Gasteiger partial charge in [0.1, 0.15) is 6.54 Å². The number of hydrogen-bond acceptors (Lipinski definition) is 7. The first-order valence-corrected chi connectivity index (χ1v) is 12.1. The zero-order chi connectivity index (χ0) is 23.4. The largest absolute Gasteiger partial charge is 0.465 e. The molecule has 0 bridgehead atoms. The number of para-hydroxylation sites is 1. The monoisotopic (exact) mass is 469 g/mol. The lowest BCUT2D eigenvalue weighted by Gasteiger charge is -2.22. The van der Waals surface area contributed by atoms with Gasteiger partial charge in [-0.2, -0.15) is 0 Å². The SMILES string of the molecule is COC(=O)c1ccccc1NC(=O)CN(c1ccc(S(=O)(=O)N(C)C)cc1)S(C)(=O)=O. The van der Waals surface area contributed by atoms with Crippen LogP contribution in [0.1, 0.15) is 10.4 Å². The van der Waals surface area contributed by atoms with Crippen molar-refractivity contribution in [1.82, 2.24) is 4.31 Å². The fourth-order valence-electron chi connectivity index (χ4n) is 2.60. The summed E-state index contributed by atoms with van der Waals surface area (Å²) in [6, 6.07) is 11.2. The van der Waals surface area contributed by atoms with Crippen molar-refractivity contribution in [2.24, 2.45) is 0 Å². The van der Waals surface area contributed by atoms with Gasteiger partial charge in [0.05, 0.1) is 35.2 Å². The van der Waals surface area contributed by atoms with E-state index in [0.717, 1.165) is 14.9 Å². The van der Waals surface area contributed by atoms with E-state index in [0.29, 0.717) is 0 Å². The highest BCUT2D eigenvalue weighted by atomic mass is 32.2. The smallest absolute Gasteiger partial charge is 0.339 e. The Kier molecular flexibility index (Phi) is 7.41. The molecule has 0 atom stereocenters. The third-order valence-corrected chi connectivity index (χ3v) is 7.17. The minimum absolute atomic E-state index is 0.0221. The van der Waals surface area contributed by atoms with E-state index in [1.165, 1.54) is 57.6 Å². The number of rotatable bonds is 8. The molecule has 10 nitrogen and oxygen atoms in total. The Morgan fingerprint density at radius 3 is 2.06 bits per heavy atom. The maximum atomic E-state index is 12.5. The average Bonchev–Trinajstić information content (AvgIpc) is 2.71. The van der Waals surface area contributed by atoms with Crippen molar-refractivity contribution >= 4 is 43.3 Å². The molecule has 2 aromatic rings. The Bertz CT molecular complexity index is 1180. The van der Waals surface area contributed by atoms with Gasteiger partial charge in [0, 0.05) is 14.1 Å². The number of carbonyl (C=O) groups is 2. The molecular weight excluding hydrogens is 446 g/mol. The molecular formula is C19H23N3O7S2. The minimum Gasteiger partial charge on any atom is -0.465 e. The van der Waals surface area contributed by atoms with Crippen LogP contribution >= 0.6 is 0 Å². The lowest BCUT2D eigenvalue weighted by molar-refractivity contribution is -0.114. The number of anilines is 2. The highest BCUT2D eigenvalue weighted by molar-refractivity contribution is 7.92. The molecule has 31 heavy (non-hydrogen) atoms. The highest BCUT2D eigenvalue weighted by Crippen LogP contribution is 2.22. The molecule has 168 valence electrons. The van der Waals surface area contributed by atoms with Gasteiger partial charge in [-0.25, -0.2) is 25.9 Å². The van der Waals surface area contributed by atoms with Gasteiger partial charge in [-0.05, 0) is 36.4 Å². The summed E-state index contributed by atoms with van der Waals surface area (Å²) in [5.41, 5.74) is 0.388. The van der Waals surface area contributed by atoms with Crippen LogP contribution in [0, 0.1) is 0 Å². The molecule has 2 rings (SSSR count). The summed E-state index contributed by atoms with van der Waals surface area (Å²) in [4.78, 5) is 24.4. The number of nitrogens with zero attached hydrogens (tertiary/aromatic N) is 2. The van der Waals surface area contributed by atoms with Crippen molar-refractivity contribution < 1.29 is 31.2 Å². The lowest BCUT2D eigenvalue weighted by atomic mass is 10.2. The maximum absolute atomic E-state index is 12.5. The average molecular weight is 470 g/mol. The topological polar surface area (TPSA) is 130 Å². The molecule has 0 spiro atoms. The van der Waals surface area contributed by atoms with E-state index in [-0.39, 0.29) is 21.8 Å². The number of sulfonamides is 2. The minimum atomic E-state index is -3.88. The Hall–Kier alpha value is -2.96. The second kappa shape index (κ2) is 9.45. The van der Waals surface area contributed by atoms with Crippen LogP contribution in [0.4, 0.5) is 11.4 Å². The predicted octanol–water partition coefficient (Wildman–Crippen LogP) is 1.13. The van der Waals surface area contributed by atoms with Gasteiger partial charge in [0.2, 0.25) is 26.0 Å². The summed E-state index contributed by atoms with van der Waals surface area (Å²) in [6.07, 6.45) is 0.924. The van der Waals surface area contributed by atoms with Crippen LogP contribution in [-0.2, 0) is 29.6 Å². The number of esters is 1. The van der Waals surface area contributed by atoms with E-state index < -0.39 is 38.5 Å². The molecule has 0 saturated carbocycles. The van der Waals surface area contributed by atoms with Crippen molar-refractivity contribution in [1.29, 1.82) is 0 Å². The van der Waals surface area contributed by atoms with Crippen LogP contribution in [0.15, 0.2) is 53.4 Å². The van der Waals surface area contributed by atoms with Crippen LogP contribution in [0.5, 0.6) is 0 Å². The Labute approximate surface area is 181 Å². The predicted molar refractivity (Wildman–Crippen MR) is 116 cm³/mol. The van der Waals surface area contributed by atoms with Gasteiger partial charge >= 0.3 is 5.97 Å². The van der Waals surface area contributed by atoms with E-state index in [1.807, 2.05) is 0 Å². The van der Waals surface area contributed by atoms with E-state index >= 15 is 0 Å². The number of benzene rings is 2. The molecule has 2 aromatic carbocycles. The fourth-order valence-corrected chi connectivity index (χ4v) is 4.35. The third-order valence-electron chi connectivity index (χ3n) is 4.20. The summed E-state index contributed by atoms with van der Waals surface area (Å²) in [5, 5.41) is 2.50. The normalized spacial score (nSPS) is 11.8. The van der Waals surface area contributed by atoms with E-state index in [2.05, 4.69) is 10.1 Å². The van der Waals surface area contributed by atoms with Gasteiger partial charge < -0.3 is 10.1 Å².